The molecule has 0 radical (unpaired) electrons. The van der Waals surface area contributed by atoms with E-state index < -0.39 is 6.10 Å². The number of esters is 3. The lowest BCUT2D eigenvalue weighted by atomic mass is 10.0. The van der Waals surface area contributed by atoms with E-state index in [0.29, 0.717) is 19.3 Å². The molecule has 0 heterocycles. The third-order valence-electron chi connectivity index (χ3n) is 15.3. The van der Waals surface area contributed by atoms with Crippen LogP contribution < -0.4 is 0 Å². The van der Waals surface area contributed by atoms with Gasteiger partial charge in [-0.1, -0.05) is 319 Å². The van der Waals surface area contributed by atoms with Crippen LogP contribution in [0, 0.1) is 0 Å². The average Bonchev–Trinajstić information content (AvgIpc) is 3.44. The van der Waals surface area contributed by atoms with Crippen molar-refractivity contribution in [2.24, 2.45) is 0 Å². The van der Waals surface area contributed by atoms with Crippen LogP contribution in [0.25, 0.3) is 0 Å². The predicted molar refractivity (Wildman–Crippen MR) is 339 cm³/mol. The van der Waals surface area contributed by atoms with Crippen LogP contribution in [0.4, 0.5) is 0 Å². The van der Waals surface area contributed by atoms with E-state index in [1.807, 2.05) is 0 Å². The van der Waals surface area contributed by atoms with E-state index in [1.165, 1.54) is 218 Å². The second-order valence-corrected chi connectivity index (χ2v) is 23.1. The first-order valence-electron chi connectivity index (χ1n) is 34.3. The molecule has 6 nitrogen and oxygen atoms in total. The maximum atomic E-state index is 12.9. The highest BCUT2D eigenvalue weighted by atomic mass is 16.6. The van der Waals surface area contributed by atoms with Gasteiger partial charge in [0.25, 0.3) is 0 Å². The fraction of sp³-hybridized carbons (Fsp3) is 0.819. The highest BCUT2D eigenvalue weighted by Gasteiger charge is 2.19. The molecular formula is C72H130O6. The first-order chi connectivity index (χ1) is 38.5. The van der Waals surface area contributed by atoms with E-state index in [2.05, 4.69) is 81.5 Å². The smallest absolute Gasteiger partial charge is 0.306 e. The molecule has 1 atom stereocenters. The Kier molecular flexibility index (Phi) is 64.2. The lowest BCUT2D eigenvalue weighted by Gasteiger charge is -2.18. The summed E-state index contributed by atoms with van der Waals surface area (Å²) in [6.45, 7) is 6.54. The molecule has 0 aliphatic heterocycles. The number of hydrogen-bond acceptors (Lipinski definition) is 6. The van der Waals surface area contributed by atoms with Crippen molar-refractivity contribution < 1.29 is 28.6 Å². The molecule has 0 aromatic carbocycles. The van der Waals surface area contributed by atoms with Crippen LogP contribution in [0.15, 0.2) is 60.8 Å². The first kappa shape index (κ1) is 75.1. The van der Waals surface area contributed by atoms with Crippen LogP contribution in [0.1, 0.15) is 361 Å². The molecule has 0 saturated heterocycles. The summed E-state index contributed by atoms with van der Waals surface area (Å²) in [5.74, 6) is -0.884. The molecule has 0 amide bonds. The molecule has 0 aliphatic carbocycles. The maximum absolute atomic E-state index is 12.9. The molecule has 0 aromatic rings. The number of hydrogen-bond donors (Lipinski definition) is 0. The molecule has 0 bridgehead atoms. The molecule has 0 N–H and O–H groups in total. The van der Waals surface area contributed by atoms with Crippen LogP contribution in [-0.4, -0.2) is 37.2 Å². The second-order valence-electron chi connectivity index (χ2n) is 23.1. The summed E-state index contributed by atoms with van der Waals surface area (Å²) in [6.07, 6.45) is 85.4. The molecular weight excluding hydrogens is 961 g/mol. The number of allylic oxidation sites excluding steroid dienone is 10. The summed E-state index contributed by atoms with van der Waals surface area (Å²) in [5.41, 5.74) is 0. The van der Waals surface area contributed by atoms with Gasteiger partial charge in [-0.15, -0.1) is 0 Å². The minimum atomic E-state index is -0.785. The van der Waals surface area contributed by atoms with Gasteiger partial charge in [0.2, 0.25) is 0 Å². The Morgan fingerprint density at radius 2 is 0.500 bits per heavy atom. The Hall–Kier alpha value is -2.89. The summed E-state index contributed by atoms with van der Waals surface area (Å²) in [4.78, 5) is 38.4. The molecule has 0 aromatic heterocycles. The van der Waals surface area contributed by atoms with Gasteiger partial charge in [-0.3, -0.25) is 14.4 Å². The SMILES string of the molecule is CC/C=C\C/C=C\C/C=C\CCCCCCCCCC(=O)OC(COC(=O)CCCCCCC/C=C\C/C=C\CCCCC)COC(=O)CCCCCCCCCCCCCCCCCCCCCCCCCCCCCC. The van der Waals surface area contributed by atoms with Crippen molar-refractivity contribution >= 4 is 17.9 Å². The van der Waals surface area contributed by atoms with Crippen molar-refractivity contribution in [1.29, 1.82) is 0 Å². The van der Waals surface area contributed by atoms with Crippen molar-refractivity contribution in [3.8, 4) is 0 Å². The van der Waals surface area contributed by atoms with Gasteiger partial charge >= 0.3 is 17.9 Å². The molecule has 0 rings (SSSR count). The average molecular weight is 1090 g/mol. The van der Waals surface area contributed by atoms with Crippen molar-refractivity contribution in [1.82, 2.24) is 0 Å². The van der Waals surface area contributed by atoms with E-state index in [4.69, 9.17) is 14.2 Å². The van der Waals surface area contributed by atoms with E-state index >= 15 is 0 Å². The van der Waals surface area contributed by atoms with Crippen molar-refractivity contribution in [2.75, 3.05) is 13.2 Å². The van der Waals surface area contributed by atoms with Crippen LogP contribution in [0.3, 0.4) is 0 Å². The summed E-state index contributed by atoms with van der Waals surface area (Å²) >= 11 is 0. The lowest BCUT2D eigenvalue weighted by molar-refractivity contribution is -0.167. The fourth-order valence-electron chi connectivity index (χ4n) is 10.1. The number of ether oxygens (including phenoxy) is 3. The molecule has 0 fully saturated rings. The third kappa shape index (κ3) is 63.9. The summed E-state index contributed by atoms with van der Waals surface area (Å²) < 4.78 is 16.9. The predicted octanol–water partition coefficient (Wildman–Crippen LogP) is 23.5. The van der Waals surface area contributed by atoms with Gasteiger partial charge in [0.05, 0.1) is 0 Å². The van der Waals surface area contributed by atoms with Crippen LogP contribution in [0.2, 0.25) is 0 Å². The zero-order valence-corrected chi connectivity index (χ0v) is 52.2. The van der Waals surface area contributed by atoms with Gasteiger partial charge < -0.3 is 14.2 Å². The van der Waals surface area contributed by atoms with Crippen LogP contribution in [0.5, 0.6) is 0 Å². The highest BCUT2D eigenvalue weighted by Crippen LogP contribution is 2.18. The van der Waals surface area contributed by atoms with Crippen molar-refractivity contribution in [2.45, 2.75) is 367 Å². The zero-order chi connectivity index (χ0) is 56.4. The number of rotatable bonds is 63. The monoisotopic (exact) mass is 1090 g/mol. The minimum Gasteiger partial charge on any atom is -0.462 e. The number of unbranched alkanes of at least 4 members (excludes halogenated alkanes) is 42. The Morgan fingerprint density at radius 3 is 0.808 bits per heavy atom. The van der Waals surface area contributed by atoms with E-state index in [-0.39, 0.29) is 31.1 Å². The van der Waals surface area contributed by atoms with Gasteiger partial charge in [0.1, 0.15) is 13.2 Å². The Bertz CT molecular complexity index is 1390. The molecule has 0 aliphatic rings. The van der Waals surface area contributed by atoms with Crippen LogP contribution in [-0.2, 0) is 28.6 Å². The maximum Gasteiger partial charge on any atom is 0.306 e. The van der Waals surface area contributed by atoms with Gasteiger partial charge in [0.15, 0.2) is 6.10 Å². The van der Waals surface area contributed by atoms with Gasteiger partial charge in [0, 0.05) is 19.3 Å². The van der Waals surface area contributed by atoms with E-state index in [0.717, 1.165) is 103 Å². The molecule has 78 heavy (non-hydrogen) atoms. The summed E-state index contributed by atoms with van der Waals surface area (Å²) in [6, 6.07) is 0. The Morgan fingerprint density at radius 1 is 0.269 bits per heavy atom. The molecule has 454 valence electrons. The molecule has 1 unspecified atom stereocenters. The Balaban J connectivity index is 4.23. The quantitative estimate of drug-likeness (QED) is 0.0261. The number of carbonyl (C=O) groups excluding carboxylic acids is 3. The topological polar surface area (TPSA) is 78.9 Å². The van der Waals surface area contributed by atoms with E-state index in [9.17, 15) is 14.4 Å². The third-order valence-corrected chi connectivity index (χ3v) is 15.3. The Labute approximate surface area is 485 Å². The fourth-order valence-corrected chi connectivity index (χ4v) is 10.1. The van der Waals surface area contributed by atoms with Crippen LogP contribution >= 0.6 is 0 Å². The summed E-state index contributed by atoms with van der Waals surface area (Å²) in [7, 11) is 0. The highest BCUT2D eigenvalue weighted by molar-refractivity contribution is 5.71. The molecule has 0 spiro atoms. The zero-order valence-electron chi connectivity index (χ0n) is 52.2. The van der Waals surface area contributed by atoms with Crippen molar-refractivity contribution in [3.05, 3.63) is 60.8 Å². The normalized spacial score (nSPS) is 12.4. The first-order valence-corrected chi connectivity index (χ1v) is 34.3. The van der Waals surface area contributed by atoms with Gasteiger partial charge in [-0.2, -0.15) is 0 Å². The molecule has 0 saturated carbocycles. The minimum absolute atomic E-state index is 0.0797. The lowest BCUT2D eigenvalue weighted by Crippen LogP contribution is -2.30. The van der Waals surface area contributed by atoms with Gasteiger partial charge in [-0.25, -0.2) is 0 Å². The largest absolute Gasteiger partial charge is 0.462 e. The van der Waals surface area contributed by atoms with Crippen molar-refractivity contribution in [3.63, 3.8) is 0 Å². The molecule has 6 heteroatoms. The number of carbonyl (C=O) groups is 3. The van der Waals surface area contributed by atoms with E-state index in [1.54, 1.807) is 0 Å². The second kappa shape index (κ2) is 66.6. The van der Waals surface area contributed by atoms with Gasteiger partial charge in [-0.05, 0) is 83.5 Å². The standard InChI is InChI=1S/C72H130O6/c1-4-7-10-13-16-19-22-25-28-30-31-32-33-34-35-36-37-38-39-40-42-44-47-50-53-56-59-62-65-71(74)77-68-69(67-76-70(73)64-61-58-55-52-49-46-43-27-24-21-18-15-12-9-6-3)78-72(75)66-63-60-57-54-51-48-45-41-29-26-23-20-17-14-11-8-5-2/h8,11,17-18,20-21,26-27,29,43,69H,4-7,9-10,12-16,19,22-25,28,30-42,44-68H2,1-3H3/b11-8-,20-17-,21-18-,29-26-,43-27-. The summed E-state index contributed by atoms with van der Waals surface area (Å²) in [5, 5.41) is 0.